The third kappa shape index (κ3) is 4.04. The number of allylic oxidation sites excluding steroid dienone is 1. The fraction of sp³-hybridized carbons (Fsp3) is 0.192. The van der Waals surface area contributed by atoms with E-state index in [0.717, 1.165) is 16.0 Å². The Bertz CT molecular complexity index is 1440. The van der Waals surface area contributed by atoms with Crippen molar-refractivity contribution in [1.82, 2.24) is 14.8 Å². The van der Waals surface area contributed by atoms with Crippen LogP contribution in [-0.4, -0.2) is 34.9 Å². The Morgan fingerprint density at radius 2 is 1.74 bits per heavy atom. The molecule has 35 heavy (non-hydrogen) atoms. The van der Waals surface area contributed by atoms with E-state index in [1.165, 1.54) is 0 Å². The van der Waals surface area contributed by atoms with Crippen molar-refractivity contribution < 1.29 is 14.3 Å². The number of methoxy groups -OCH3 is 2. The lowest BCUT2D eigenvalue weighted by atomic mass is 9.98. The van der Waals surface area contributed by atoms with Gasteiger partial charge in [0.2, 0.25) is 5.95 Å². The van der Waals surface area contributed by atoms with Crippen LogP contribution in [0.1, 0.15) is 23.4 Å². The van der Waals surface area contributed by atoms with Gasteiger partial charge in [-0.3, -0.25) is 4.79 Å². The van der Waals surface area contributed by atoms with E-state index in [1.54, 1.807) is 30.2 Å². The summed E-state index contributed by atoms with van der Waals surface area (Å²) in [5.41, 5.74) is 3.73. The maximum Gasteiger partial charge on any atom is 0.256 e. The summed E-state index contributed by atoms with van der Waals surface area (Å²) in [5, 5.41) is 13.2. The van der Waals surface area contributed by atoms with E-state index >= 15 is 0 Å². The van der Waals surface area contributed by atoms with E-state index in [9.17, 15) is 4.79 Å². The summed E-state index contributed by atoms with van der Waals surface area (Å²) in [5.74, 6) is 2.11. The minimum atomic E-state index is -0.447. The average molecular weight is 488 g/mol. The van der Waals surface area contributed by atoms with Gasteiger partial charge in [0.1, 0.15) is 17.5 Å². The van der Waals surface area contributed by atoms with Gasteiger partial charge in [-0.2, -0.15) is 4.98 Å². The highest BCUT2D eigenvalue weighted by atomic mass is 32.1. The zero-order valence-electron chi connectivity index (χ0n) is 19.8. The number of ether oxygens (including phenoxy) is 2. The molecule has 0 spiro atoms. The molecule has 9 heteroatoms. The smallest absolute Gasteiger partial charge is 0.256 e. The molecule has 4 aromatic rings. The van der Waals surface area contributed by atoms with Crippen LogP contribution in [0.3, 0.4) is 0 Å². The molecule has 0 radical (unpaired) electrons. The Balaban J connectivity index is 1.61. The van der Waals surface area contributed by atoms with Crippen molar-refractivity contribution in [2.75, 3.05) is 24.9 Å². The Labute approximate surface area is 207 Å². The van der Waals surface area contributed by atoms with Gasteiger partial charge in [-0.05, 0) is 55.1 Å². The van der Waals surface area contributed by atoms with E-state index in [2.05, 4.69) is 10.6 Å². The number of carbonyl (C=O) groups is 1. The first-order valence-corrected chi connectivity index (χ1v) is 12.0. The summed E-state index contributed by atoms with van der Waals surface area (Å²) in [4.78, 5) is 19.5. The summed E-state index contributed by atoms with van der Waals surface area (Å²) in [6.45, 7) is 3.92. The highest BCUT2D eigenvalue weighted by Gasteiger charge is 2.36. The van der Waals surface area contributed by atoms with Gasteiger partial charge < -0.3 is 20.1 Å². The van der Waals surface area contributed by atoms with Gasteiger partial charge in [-0.1, -0.05) is 24.3 Å². The van der Waals surface area contributed by atoms with Crippen molar-refractivity contribution >= 4 is 28.9 Å². The molecule has 5 rings (SSSR count). The first-order valence-electron chi connectivity index (χ1n) is 11.1. The Morgan fingerprint density at radius 3 is 2.46 bits per heavy atom. The fourth-order valence-corrected chi connectivity index (χ4v) is 5.25. The number of benzene rings is 2. The SMILES string of the molecule is COc1ccccc1NC(=O)C1=C(C)Nc2nc(-c3ccccc3OC)nn2C1c1sccc1C. The molecule has 2 N–H and O–H groups in total. The second-order valence-electron chi connectivity index (χ2n) is 8.09. The summed E-state index contributed by atoms with van der Waals surface area (Å²) in [7, 11) is 3.20. The largest absolute Gasteiger partial charge is 0.496 e. The van der Waals surface area contributed by atoms with E-state index in [0.29, 0.717) is 40.2 Å². The highest BCUT2D eigenvalue weighted by Crippen LogP contribution is 2.41. The van der Waals surface area contributed by atoms with Crippen molar-refractivity contribution in [3.8, 4) is 22.9 Å². The zero-order valence-corrected chi connectivity index (χ0v) is 20.6. The summed E-state index contributed by atoms with van der Waals surface area (Å²) < 4.78 is 12.7. The zero-order chi connectivity index (χ0) is 24.5. The van der Waals surface area contributed by atoms with Gasteiger partial charge in [-0.15, -0.1) is 16.4 Å². The van der Waals surface area contributed by atoms with Crippen LogP contribution in [0, 0.1) is 6.92 Å². The number of aryl methyl sites for hydroxylation is 1. The Morgan fingerprint density at radius 1 is 1.03 bits per heavy atom. The maximum atomic E-state index is 13.7. The number of para-hydroxylation sites is 3. The molecule has 8 nitrogen and oxygen atoms in total. The van der Waals surface area contributed by atoms with Gasteiger partial charge in [-0.25, -0.2) is 4.68 Å². The minimum Gasteiger partial charge on any atom is -0.496 e. The number of rotatable bonds is 6. The van der Waals surface area contributed by atoms with Crippen LogP contribution in [0.15, 0.2) is 71.2 Å². The molecule has 1 aliphatic heterocycles. The van der Waals surface area contributed by atoms with Crippen molar-refractivity contribution in [3.63, 3.8) is 0 Å². The lowest BCUT2D eigenvalue weighted by Crippen LogP contribution is -2.31. The van der Waals surface area contributed by atoms with E-state index in [1.807, 2.05) is 73.8 Å². The minimum absolute atomic E-state index is 0.239. The number of hydrogen-bond donors (Lipinski definition) is 2. The normalized spacial score (nSPS) is 14.8. The number of hydrogen-bond acceptors (Lipinski definition) is 7. The van der Waals surface area contributed by atoms with Gasteiger partial charge >= 0.3 is 0 Å². The number of carbonyl (C=O) groups excluding carboxylic acids is 1. The van der Waals surface area contributed by atoms with Crippen molar-refractivity contribution in [3.05, 3.63) is 81.7 Å². The van der Waals surface area contributed by atoms with Crippen molar-refractivity contribution in [2.24, 2.45) is 0 Å². The summed E-state index contributed by atoms with van der Waals surface area (Å²) >= 11 is 1.59. The lowest BCUT2D eigenvalue weighted by Gasteiger charge is -2.28. The van der Waals surface area contributed by atoms with Crippen molar-refractivity contribution in [2.45, 2.75) is 19.9 Å². The molecule has 0 saturated heterocycles. The molecule has 1 unspecified atom stereocenters. The van der Waals surface area contributed by atoms with Crippen LogP contribution in [0.25, 0.3) is 11.4 Å². The molecule has 0 saturated carbocycles. The predicted octanol–water partition coefficient (Wildman–Crippen LogP) is 5.26. The van der Waals surface area contributed by atoms with Crippen LogP contribution in [0.4, 0.5) is 11.6 Å². The molecular weight excluding hydrogens is 462 g/mol. The van der Waals surface area contributed by atoms with Crippen LogP contribution in [0.5, 0.6) is 11.5 Å². The number of nitrogens with zero attached hydrogens (tertiary/aromatic N) is 3. The topological polar surface area (TPSA) is 90.3 Å². The highest BCUT2D eigenvalue weighted by molar-refractivity contribution is 7.10. The Hall–Kier alpha value is -4.11. The van der Waals surface area contributed by atoms with Crippen LogP contribution >= 0.6 is 11.3 Å². The number of thiophene rings is 1. The summed E-state index contributed by atoms with van der Waals surface area (Å²) in [6, 6.07) is 16.6. The van der Waals surface area contributed by atoms with E-state index in [4.69, 9.17) is 19.6 Å². The average Bonchev–Trinajstić information content (AvgIpc) is 3.49. The molecule has 178 valence electrons. The second-order valence-corrected chi connectivity index (χ2v) is 9.04. The molecule has 2 aromatic carbocycles. The number of aromatic nitrogens is 3. The van der Waals surface area contributed by atoms with E-state index < -0.39 is 6.04 Å². The monoisotopic (exact) mass is 487 g/mol. The third-order valence-corrected chi connectivity index (χ3v) is 7.02. The lowest BCUT2D eigenvalue weighted by molar-refractivity contribution is -0.113. The first-order chi connectivity index (χ1) is 17.0. The molecule has 1 aliphatic rings. The third-order valence-electron chi connectivity index (χ3n) is 5.95. The molecule has 1 atom stereocenters. The molecule has 0 bridgehead atoms. The van der Waals surface area contributed by atoms with Gasteiger partial charge in [0.15, 0.2) is 5.82 Å². The summed E-state index contributed by atoms with van der Waals surface area (Å²) in [6.07, 6.45) is 0. The van der Waals surface area contributed by atoms with Crippen LogP contribution < -0.4 is 20.1 Å². The predicted molar refractivity (Wildman–Crippen MR) is 137 cm³/mol. The van der Waals surface area contributed by atoms with Gasteiger partial charge in [0.05, 0.1) is 31.0 Å². The first kappa shape index (κ1) is 22.7. The van der Waals surface area contributed by atoms with Gasteiger partial charge in [0.25, 0.3) is 5.91 Å². The second kappa shape index (κ2) is 9.27. The molecule has 0 aliphatic carbocycles. The quantitative estimate of drug-likeness (QED) is 0.386. The Kier molecular flexibility index (Phi) is 6.00. The molecule has 0 fully saturated rings. The van der Waals surface area contributed by atoms with Crippen molar-refractivity contribution in [1.29, 1.82) is 0 Å². The van der Waals surface area contributed by atoms with Crippen LogP contribution in [0.2, 0.25) is 0 Å². The van der Waals surface area contributed by atoms with Gasteiger partial charge in [0, 0.05) is 10.6 Å². The molecule has 1 amide bonds. The maximum absolute atomic E-state index is 13.7. The fourth-order valence-electron chi connectivity index (χ4n) is 4.23. The number of anilines is 2. The standard InChI is InChI=1S/C26H25N5O3S/c1-15-13-14-35-23(15)22-21(25(32)28-18-10-6-8-12-20(18)34-4)16(2)27-26-29-24(30-31(22)26)17-9-5-7-11-19(17)33-3/h5-14,22H,1-4H3,(H,28,32)(H,27,29,30). The van der Waals surface area contributed by atoms with E-state index in [-0.39, 0.29) is 5.91 Å². The molecular formula is C26H25N5O3S. The molecule has 2 aromatic heterocycles. The number of nitrogens with one attached hydrogen (secondary N) is 2. The molecule has 3 heterocycles. The van der Waals surface area contributed by atoms with Crippen LogP contribution in [-0.2, 0) is 4.79 Å². The number of fused-ring (bicyclic) bond motifs is 1. The number of amides is 1.